The fraction of sp³-hybridized carbons (Fsp3) is 0.571. The number of nitrogens with two attached hydrogens (primary N) is 1. The molecule has 2 saturated carbocycles. The van der Waals surface area contributed by atoms with Crippen molar-refractivity contribution in [1.82, 2.24) is 4.98 Å². The smallest absolute Gasteiger partial charge is 0.143 e. The van der Waals surface area contributed by atoms with Crippen LogP contribution in [0.2, 0.25) is 0 Å². The highest BCUT2D eigenvalue weighted by molar-refractivity contribution is 5.65. The molecule has 4 heteroatoms. The standard InChI is InChI=1S/C14H18N4/c1-14(5-9-4-10(9)6-14)8-18-12-2-3-17-13(16)11(12)7-15/h2-3,9-10H,4-6,8H2,1H3,(H3,16,17,18). The van der Waals surface area contributed by atoms with Gasteiger partial charge in [0.2, 0.25) is 0 Å². The summed E-state index contributed by atoms with van der Waals surface area (Å²) < 4.78 is 0. The molecule has 1 heterocycles. The molecule has 1 aromatic rings. The predicted octanol–water partition coefficient (Wildman–Crippen LogP) is 2.38. The summed E-state index contributed by atoms with van der Waals surface area (Å²) in [5.74, 6) is 2.24. The molecule has 0 aliphatic heterocycles. The molecular weight excluding hydrogens is 224 g/mol. The van der Waals surface area contributed by atoms with Gasteiger partial charge in [0.1, 0.15) is 17.5 Å². The molecule has 94 valence electrons. The molecule has 0 bridgehead atoms. The molecule has 1 aromatic heterocycles. The maximum atomic E-state index is 9.09. The third kappa shape index (κ3) is 1.90. The van der Waals surface area contributed by atoms with Crippen LogP contribution in [-0.4, -0.2) is 11.5 Å². The second-order valence-electron chi connectivity index (χ2n) is 6.06. The topological polar surface area (TPSA) is 74.7 Å². The van der Waals surface area contributed by atoms with E-state index in [1.807, 2.05) is 6.07 Å². The number of nitriles is 1. The molecule has 3 rings (SSSR count). The van der Waals surface area contributed by atoms with Crippen LogP contribution in [0.25, 0.3) is 0 Å². The van der Waals surface area contributed by atoms with E-state index < -0.39 is 0 Å². The molecule has 0 spiro atoms. The van der Waals surface area contributed by atoms with Gasteiger partial charge in [-0.2, -0.15) is 5.26 Å². The van der Waals surface area contributed by atoms with Crippen molar-refractivity contribution in [3.8, 4) is 6.07 Å². The van der Waals surface area contributed by atoms with Crippen molar-refractivity contribution in [2.24, 2.45) is 17.3 Å². The lowest BCUT2D eigenvalue weighted by Crippen LogP contribution is -2.25. The highest BCUT2D eigenvalue weighted by Crippen LogP contribution is 2.59. The summed E-state index contributed by atoms with van der Waals surface area (Å²) in [6.07, 6.45) is 5.70. The van der Waals surface area contributed by atoms with Crippen molar-refractivity contribution in [1.29, 1.82) is 5.26 Å². The van der Waals surface area contributed by atoms with E-state index in [1.165, 1.54) is 19.3 Å². The van der Waals surface area contributed by atoms with Crippen LogP contribution in [0.5, 0.6) is 0 Å². The Hall–Kier alpha value is -1.76. The van der Waals surface area contributed by atoms with Gasteiger partial charge in [-0.25, -0.2) is 4.98 Å². The largest absolute Gasteiger partial charge is 0.383 e. The summed E-state index contributed by atoms with van der Waals surface area (Å²) >= 11 is 0. The lowest BCUT2D eigenvalue weighted by Gasteiger charge is -2.27. The van der Waals surface area contributed by atoms with E-state index in [-0.39, 0.29) is 0 Å². The van der Waals surface area contributed by atoms with Crippen molar-refractivity contribution < 1.29 is 0 Å². The number of aromatic nitrogens is 1. The fourth-order valence-electron chi connectivity index (χ4n) is 3.36. The Kier molecular flexibility index (Phi) is 2.44. The van der Waals surface area contributed by atoms with Crippen molar-refractivity contribution in [3.05, 3.63) is 17.8 Å². The number of rotatable bonds is 3. The van der Waals surface area contributed by atoms with Crippen LogP contribution in [0.3, 0.4) is 0 Å². The minimum Gasteiger partial charge on any atom is -0.383 e. The Morgan fingerprint density at radius 3 is 2.94 bits per heavy atom. The number of nitrogens with one attached hydrogen (secondary N) is 1. The number of hydrogen-bond donors (Lipinski definition) is 2. The first-order chi connectivity index (χ1) is 8.61. The summed E-state index contributed by atoms with van der Waals surface area (Å²) in [4.78, 5) is 3.94. The number of nitrogen functional groups attached to an aromatic ring is 1. The molecule has 4 nitrogen and oxygen atoms in total. The highest BCUT2D eigenvalue weighted by Gasteiger charge is 2.51. The predicted molar refractivity (Wildman–Crippen MR) is 70.8 cm³/mol. The molecule has 2 unspecified atom stereocenters. The van der Waals surface area contributed by atoms with Gasteiger partial charge < -0.3 is 11.1 Å². The van der Waals surface area contributed by atoms with E-state index >= 15 is 0 Å². The van der Waals surface area contributed by atoms with Crippen LogP contribution in [0.1, 0.15) is 31.7 Å². The Morgan fingerprint density at radius 2 is 2.28 bits per heavy atom. The average molecular weight is 242 g/mol. The Balaban J connectivity index is 1.70. The van der Waals surface area contributed by atoms with Gasteiger partial charge in [0.15, 0.2) is 0 Å². The average Bonchev–Trinajstić information content (AvgIpc) is 2.95. The zero-order chi connectivity index (χ0) is 12.8. The van der Waals surface area contributed by atoms with E-state index in [0.717, 1.165) is 24.1 Å². The number of nitrogens with zero attached hydrogens (tertiary/aromatic N) is 2. The normalized spacial score (nSPS) is 32.7. The Labute approximate surface area is 107 Å². The lowest BCUT2D eigenvalue weighted by atomic mass is 9.85. The molecule has 2 atom stereocenters. The fourth-order valence-corrected chi connectivity index (χ4v) is 3.36. The van der Waals surface area contributed by atoms with Crippen LogP contribution in [0, 0.1) is 28.6 Å². The van der Waals surface area contributed by atoms with Crippen LogP contribution >= 0.6 is 0 Å². The van der Waals surface area contributed by atoms with E-state index in [1.54, 1.807) is 6.20 Å². The lowest BCUT2D eigenvalue weighted by molar-refractivity contribution is 0.321. The zero-order valence-electron chi connectivity index (χ0n) is 10.6. The monoisotopic (exact) mass is 242 g/mol. The second kappa shape index (κ2) is 3.88. The minimum absolute atomic E-state index is 0.307. The maximum Gasteiger partial charge on any atom is 0.143 e. The first-order valence-electron chi connectivity index (χ1n) is 6.50. The second-order valence-corrected chi connectivity index (χ2v) is 6.06. The van der Waals surface area contributed by atoms with Crippen LogP contribution in [0.15, 0.2) is 12.3 Å². The van der Waals surface area contributed by atoms with E-state index in [9.17, 15) is 0 Å². The molecular formula is C14H18N4. The minimum atomic E-state index is 0.307. The van der Waals surface area contributed by atoms with Crippen molar-refractivity contribution in [3.63, 3.8) is 0 Å². The van der Waals surface area contributed by atoms with Crippen molar-refractivity contribution in [2.75, 3.05) is 17.6 Å². The first kappa shape index (κ1) is 11.3. The zero-order valence-corrected chi connectivity index (χ0v) is 10.6. The summed E-state index contributed by atoms with van der Waals surface area (Å²) in [6.45, 7) is 3.25. The van der Waals surface area contributed by atoms with Gasteiger partial charge in [-0.15, -0.1) is 0 Å². The quantitative estimate of drug-likeness (QED) is 0.853. The SMILES string of the molecule is CC1(CNc2ccnc(N)c2C#N)CC2CC2C1. The maximum absolute atomic E-state index is 9.09. The third-order valence-corrected chi connectivity index (χ3v) is 4.38. The van der Waals surface area contributed by atoms with Gasteiger partial charge in [-0.3, -0.25) is 0 Å². The van der Waals surface area contributed by atoms with Crippen molar-refractivity contribution in [2.45, 2.75) is 26.2 Å². The third-order valence-electron chi connectivity index (χ3n) is 4.38. The van der Waals surface area contributed by atoms with Gasteiger partial charge in [-0.05, 0) is 42.6 Å². The summed E-state index contributed by atoms with van der Waals surface area (Å²) in [7, 11) is 0. The van der Waals surface area contributed by atoms with E-state index in [0.29, 0.717) is 16.8 Å². The van der Waals surface area contributed by atoms with Crippen molar-refractivity contribution >= 4 is 11.5 Å². The van der Waals surface area contributed by atoms with Crippen LogP contribution in [0.4, 0.5) is 11.5 Å². The van der Waals surface area contributed by atoms with Gasteiger partial charge in [0.05, 0.1) is 5.69 Å². The molecule has 18 heavy (non-hydrogen) atoms. The van der Waals surface area contributed by atoms with Gasteiger partial charge in [0.25, 0.3) is 0 Å². The molecule has 0 aromatic carbocycles. The van der Waals surface area contributed by atoms with E-state index in [2.05, 4.69) is 23.3 Å². The molecule has 3 N–H and O–H groups in total. The van der Waals surface area contributed by atoms with E-state index in [4.69, 9.17) is 11.0 Å². The number of fused-ring (bicyclic) bond motifs is 1. The molecule has 0 amide bonds. The number of hydrogen-bond acceptors (Lipinski definition) is 4. The Bertz CT molecular complexity index is 507. The summed E-state index contributed by atoms with van der Waals surface area (Å²) in [5, 5.41) is 12.5. The van der Waals surface area contributed by atoms with Crippen LogP contribution < -0.4 is 11.1 Å². The van der Waals surface area contributed by atoms with Gasteiger partial charge in [0, 0.05) is 12.7 Å². The highest BCUT2D eigenvalue weighted by atomic mass is 14.9. The molecule has 0 radical (unpaired) electrons. The molecule has 2 fully saturated rings. The van der Waals surface area contributed by atoms with Gasteiger partial charge >= 0.3 is 0 Å². The Morgan fingerprint density at radius 1 is 1.56 bits per heavy atom. The first-order valence-corrected chi connectivity index (χ1v) is 6.50. The molecule has 2 aliphatic carbocycles. The number of anilines is 2. The van der Waals surface area contributed by atoms with Crippen LogP contribution in [-0.2, 0) is 0 Å². The van der Waals surface area contributed by atoms with Gasteiger partial charge in [-0.1, -0.05) is 6.92 Å². The summed E-state index contributed by atoms with van der Waals surface area (Å²) in [6, 6.07) is 3.95. The molecule has 2 aliphatic rings. The summed E-state index contributed by atoms with van der Waals surface area (Å²) in [5.41, 5.74) is 7.35. The molecule has 0 saturated heterocycles. The number of pyridine rings is 1.